The molecule has 0 rings (SSSR count). The summed E-state index contributed by atoms with van der Waals surface area (Å²) in [5.41, 5.74) is -0.876. The van der Waals surface area contributed by atoms with E-state index < -0.39 is 15.4 Å². The number of carbonyl (C=O) groups excluding carboxylic acids is 1. The molecule has 0 bridgehead atoms. The second-order valence-electron chi connectivity index (χ2n) is 3.75. The number of rotatable bonds is 6. The van der Waals surface area contributed by atoms with Gasteiger partial charge in [0.05, 0.1) is 5.75 Å². The van der Waals surface area contributed by atoms with Crippen LogP contribution in [0.1, 0.15) is 27.2 Å². The summed E-state index contributed by atoms with van der Waals surface area (Å²) in [5, 5.41) is 0. The Morgan fingerprint density at radius 1 is 1.36 bits per heavy atom. The molecule has 0 aromatic heterocycles. The minimum absolute atomic E-state index is 0.0197. The summed E-state index contributed by atoms with van der Waals surface area (Å²) in [7, 11) is -3.07. The predicted octanol–water partition coefficient (Wildman–Crippen LogP) is 0.805. The summed E-state index contributed by atoms with van der Waals surface area (Å²) in [6.45, 7) is 5.55. The van der Waals surface area contributed by atoms with Crippen molar-refractivity contribution in [2.45, 2.75) is 32.8 Å². The first-order valence-corrected chi connectivity index (χ1v) is 6.60. The Morgan fingerprint density at radius 2 is 1.86 bits per heavy atom. The van der Waals surface area contributed by atoms with Crippen molar-refractivity contribution in [2.24, 2.45) is 0 Å². The van der Waals surface area contributed by atoms with Gasteiger partial charge in [-0.15, -0.1) is 0 Å². The van der Waals surface area contributed by atoms with Crippen LogP contribution in [0.15, 0.2) is 0 Å². The molecule has 0 aromatic carbocycles. The van der Waals surface area contributed by atoms with Gasteiger partial charge in [-0.1, -0.05) is 0 Å². The Bertz CT molecular complexity index is 290. The van der Waals surface area contributed by atoms with Crippen molar-refractivity contribution in [3.63, 3.8) is 0 Å². The van der Waals surface area contributed by atoms with Crippen molar-refractivity contribution in [3.8, 4) is 0 Å². The molecular weight excluding hydrogens is 204 g/mol. The molecule has 0 N–H and O–H groups in total. The van der Waals surface area contributed by atoms with E-state index in [0.717, 1.165) is 6.26 Å². The third kappa shape index (κ3) is 5.34. The maximum Gasteiger partial charge on any atom is 0.165 e. The molecule has 5 heteroatoms. The summed E-state index contributed by atoms with van der Waals surface area (Å²) in [6, 6.07) is 0. The van der Waals surface area contributed by atoms with Gasteiger partial charge in [-0.25, -0.2) is 8.42 Å². The van der Waals surface area contributed by atoms with Gasteiger partial charge in [0, 0.05) is 19.3 Å². The fraction of sp³-hybridized carbons (Fsp3) is 0.889. The zero-order chi connectivity index (χ0) is 11.4. The van der Waals surface area contributed by atoms with Crippen LogP contribution in [0, 0.1) is 0 Å². The van der Waals surface area contributed by atoms with Crippen LogP contribution in [0.25, 0.3) is 0 Å². The number of ketones is 1. The third-order valence-corrected chi connectivity index (χ3v) is 2.82. The van der Waals surface area contributed by atoms with E-state index in [9.17, 15) is 13.2 Å². The highest BCUT2D eigenvalue weighted by atomic mass is 32.2. The van der Waals surface area contributed by atoms with Gasteiger partial charge in [0.25, 0.3) is 0 Å². The predicted molar refractivity (Wildman–Crippen MR) is 55.0 cm³/mol. The molecule has 0 saturated heterocycles. The van der Waals surface area contributed by atoms with Crippen molar-refractivity contribution in [1.29, 1.82) is 0 Å². The lowest BCUT2D eigenvalue weighted by atomic mass is 10.0. The van der Waals surface area contributed by atoms with Gasteiger partial charge in [0.1, 0.15) is 15.4 Å². The molecule has 0 aliphatic heterocycles. The molecule has 0 fully saturated rings. The Morgan fingerprint density at radius 3 is 2.21 bits per heavy atom. The van der Waals surface area contributed by atoms with Gasteiger partial charge in [0.2, 0.25) is 0 Å². The highest BCUT2D eigenvalue weighted by Crippen LogP contribution is 2.13. The van der Waals surface area contributed by atoms with Gasteiger partial charge in [-0.2, -0.15) is 0 Å². The Kier molecular flexibility index (Phi) is 4.74. The Balaban J connectivity index is 4.22. The molecule has 0 heterocycles. The summed E-state index contributed by atoms with van der Waals surface area (Å²) >= 11 is 0. The van der Waals surface area contributed by atoms with Crippen LogP contribution in [-0.4, -0.2) is 38.4 Å². The standard InChI is InChI=1S/C9H18O4S/c1-5-13-9(2,3)8(10)6-7-14(4,11)12/h5-7H2,1-4H3. The molecule has 14 heavy (non-hydrogen) atoms. The molecule has 0 atom stereocenters. The molecular formula is C9H18O4S. The van der Waals surface area contributed by atoms with E-state index in [1.54, 1.807) is 20.8 Å². The molecule has 0 amide bonds. The number of ether oxygens (including phenoxy) is 1. The second-order valence-corrected chi connectivity index (χ2v) is 6.01. The van der Waals surface area contributed by atoms with E-state index in [4.69, 9.17) is 4.74 Å². The maximum atomic E-state index is 11.5. The van der Waals surface area contributed by atoms with Crippen LogP contribution in [-0.2, 0) is 19.4 Å². The van der Waals surface area contributed by atoms with Crippen LogP contribution in [0.3, 0.4) is 0 Å². The van der Waals surface area contributed by atoms with Crippen molar-refractivity contribution in [1.82, 2.24) is 0 Å². The van der Waals surface area contributed by atoms with E-state index >= 15 is 0 Å². The van der Waals surface area contributed by atoms with Gasteiger partial charge in [-0.3, -0.25) is 4.79 Å². The minimum atomic E-state index is -3.07. The normalized spacial score (nSPS) is 12.9. The van der Waals surface area contributed by atoms with E-state index in [0.29, 0.717) is 6.61 Å². The van der Waals surface area contributed by atoms with Gasteiger partial charge >= 0.3 is 0 Å². The summed E-state index contributed by atoms with van der Waals surface area (Å²) in [4.78, 5) is 11.5. The van der Waals surface area contributed by atoms with Crippen molar-refractivity contribution in [3.05, 3.63) is 0 Å². The monoisotopic (exact) mass is 222 g/mol. The molecule has 0 aliphatic carbocycles. The first kappa shape index (κ1) is 13.6. The van der Waals surface area contributed by atoms with Crippen LogP contribution in [0.2, 0.25) is 0 Å². The average Bonchev–Trinajstić information content (AvgIpc) is 1.98. The Hall–Kier alpha value is -0.420. The molecule has 4 nitrogen and oxygen atoms in total. The van der Waals surface area contributed by atoms with Gasteiger partial charge in [-0.05, 0) is 20.8 Å². The largest absolute Gasteiger partial charge is 0.368 e. The lowest BCUT2D eigenvalue weighted by molar-refractivity contribution is -0.139. The van der Waals surface area contributed by atoms with Crippen molar-refractivity contribution >= 4 is 15.6 Å². The van der Waals surface area contributed by atoms with Crippen LogP contribution >= 0.6 is 0 Å². The quantitative estimate of drug-likeness (QED) is 0.667. The van der Waals surface area contributed by atoms with E-state index in [1.165, 1.54) is 0 Å². The second kappa shape index (κ2) is 4.89. The zero-order valence-corrected chi connectivity index (χ0v) is 9.98. The summed E-state index contributed by atoms with van der Waals surface area (Å²) < 4.78 is 26.9. The first-order chi connectivity index (χ1) is 6.19. The number of sulfone groups is 1. The van der Waals surface area contributed by atoms with Gasteiger partial charge in [0.15, 0.2) is 5.78 Å². The van der Waals surface area contributed by atoms with Gasteiger partial charge < -0.3 is 4.74 Å². The average molecular weight is 222 g/mol. The molecule has 0 aromatic rings. The summed E-state index contributed by atoms with van der Waals surface area (Å²) in [6.07, 6.45) is 1.14. The fourth-order valence-electron chi connectivity index (χ4n) is 1.02. The minimum Gasteiger partial charge on any atom is -0.368 e. The van der Waals surface area contributed by atoms with Crippen LogP contribution in [0.5, 0.6) is 0 Å². The molecule has 0 aliphatic rings. The number of hydrogen-bond acceptors (Lipinski definition) is 4. The lowest BCUT2D eigenvalue weighted by Crippen LogP contribution is -2.36. The molecule has 0 saturated carbocycles. The summed E-state index contributed by atoms with van der Waals surface area (Å²) in [5.74, 6) is -0.285. The molecule has 0 unspecified atom stereocenters. The molecule has 0 spiro atoms. The smallest absolute Gasteiger partial charge is 0.165 e. The van der Waals surface area contributed by atoms with Crippen molar-refractivity contribution < 1.29 is 17.9 Å². The number of carbonyl (C=O) groups is 1. The third-order valence-electron chi connectivity index (χ3n) is 1.88. The molecule has 0 radical (unpaired) electrons. The number of Topliss-reactive ketones (excluding diaryl/α,β-unsaturated/α-hetero) is 1. The lowest BCUT2D eigenvalue weighted by Gasteiger charge is -2.22. The molecule has 84 valence electrons. The van der Waals surface area contributed by atoms with E-state index in [1.807, 2.05) is 0 Å². The van der Waals surface area contributed by atoms with Crippen LogP contribution < -0.4 is 0 Å². The maximum absolute atomic E-state index is 11.5. The van der Waals surface area contributed by atoms with E-state index in [-0.39, 0.29) is 18.0 Å². The highest BCUT2D eigenvalue weighted by Gasteiger charge is 2.27. The van der Waals surface area contributed by atoms with Crippen LogP contribution in [0.4, 0.5) is 0 Å². The van der Waals surface area contributed by atoms with E-state index in [2.05, 4.69) is 0 Å². The zero-order valence-electron chi connectivity index (χ0n) is 9.16. The number of hydrogen-bond donors (Lipinski definition) is 0. The SMILES string of the molecule is CCOC(C)(C)C(=O)CCS(C)(=O)=O. The Labute approximate surface area is 85.6 Å². The fourth-order valence-corrected chi connectivity index (χ4v) is 1.58. The topological polar surface area (TPSA) is 60.4 Å². The van der Waals surface area contributed by atoms with Crippen molar-refractivity contribution in [2.75, 3.05) is 18.6 Å². The highest BCUT2D eigenvalue weighted by molar-refractivity contribution is 7.90. The first-order valence-electron chi connectivity index (χ1n) is 4.54.